The zero-order valence-corrected chi connectivity index (χ0v) is 17.9. The lowest BCUT2D eigenvalue weighted by Gasteiger charge is -2.20. The molecular formula is C18H29NO6S2. The van der Waals surface area contributed by atoms with Crippen LogP contribution in [0.4, 0.5) is 0 Å². The number of hydrogen-bond donors (Lipinski definition) is 1. The lowest BCUT2D eigenvalue weighted by Crippen LogP contribution is -2.43. The number of benzene rings is 1. The van der Waals surface area contributed by atoms with E-state index in [0.717, 1.165) is 0 Å². The Bertz CT molecular complexity index is 849. The van der Waals surface area contributed by atoms with Gasteiger partial charge in [-0.3, -0.25) is 0 Å². The maximum absolute atomic E-state index is 13.1. The minimum atomic E-state index is -3.79. The van der Waals surface area contributed by atoms with Gasteiger partial charge in [0.1, 0.15) is 5.75 Å². The standard InChI is InChI=1S/C18H29NO6S2/c1-13(2)25-9-5-8-19-16-11-26(20,21)12-18(16)27(22,23)15-6-7-17(24-4)14(3)10-15/h6-7,10,13,16,18-19H,5,8-9,11-12H2,1-4H3/t16-,18-/m0/s1. The van der Waals surface area contributed by atoms with Crippen LogP contribution in [0.1, 0.15) is 25.8 Å². The normalized spacial score (nSPS) is 22.3. The zero-order valence-electron chi connectivity index (χ0n) is 16.3. The fourth-order valence-corrected chi connectivity index (χ4v) is 7.99. The topological polar surface area (TPSA) is 98.8 Å². The molecular weight excluding hydrogens is 390 g/mol. The molecule has 2 atom stereocenters. The molecule has 0 radical (unpaired) electrons. The van der Waals surface area contributed by atoms with Gasteiger partial charge in [0.05, 0.1) is 34.9 Å². The molecule has 1 aliphatic rings. The highest BCUT2D eigenvalue weighted by Gasteiger charge is 2.45. The first-order valence-corrected chi connectivity index (χ1v) is 12.4. The van der Waals surface area contributed by atoms with E-state index in [4.69, 9.17) is 9.47 Å². The minimum Gasteiger partial charge on any atom is -0.496 e. The Hall–Kier alpha value is -1.16. The third kappa shape index (κ3) is 5.66. The van der Waals surface area contributed by atoms with Gasteiger partial charge in [0.15, 0.2) is 19.7 Å². The second kappa shape index (κ2) is 8.89. The Labute approximate surface area is 162 Å². The number of sulfone groups is 2. The van der Waals surface area contributed by atoms with Gasteiger partial charge in [0.2, 0.25) is 0 Å². The third-order valence-corrected chi connectivity index (χ3v) is 8.72. The van der Waals surface area contributed by atoms with Crippen LogP contribution in [-0.4, -0.2) is 66.0 Å². The molecule has 0 unspecified atom stereocenters. The van der Waals surface area contributed by atoms with E-state index in [9.17, 15) is 16.8 Å². The van der Waals surface area contributed by atoms with Gasteiger partial charge in [0.25, 0.3) is 0 Å². The van der Waals surface area contributed by atoms with Crippen molar-refractivity contribution in [2.45, 2.75) is 49.5 Å². The number of ether oxygens (including phenoxy) is 2. The van der Waals surface area contributed by atoms with Crippen molar-refractivity contribution in [3.05, 3.63) is 23.8 Å². The minimum absolute atomic E-state index is 0.123. The van der Waals surface area contributed by atoms with Gasteiger partial charge in [-0.05, 0) is 57.5 Å². The van der Waals surface area contributed by atoms with E-state index >= 15 is 0 Å². The number of rotatable bonds is 9. The molecule has 0 aromatic heterocycles. The second-order valence-corrected chi connectivity index (χ2v) is 11.4. The summed E-state index contributed by atoms with van der Waals surface area (Å²) >= 11 is 0. The summed E-state index contributed by atoms with van der Waals surface area (Å²) in [5.41, 5.74) is 0.690. The molecule has 27 heavy (non-hydrogen) atoms. The van der Waals surface area contributed by atoms with E-state index in [1.54, 1.807) is 13.0 Å². The van der Waals surface area contributed by atoms with E-state index in [2.05, 4.69) is 5.32 Å². The molecule has 1 saturated heterocycles. The fraction of sp³-hybridized carbons (Fsp3) is 0.667. The van der Waals surface area contributed by atoms with Crippen LogP contribution in [0.2, 0.25) is 0 Å². The van der Waals surface area contributed by atoms with Gasteiger partial charge in [0, 0.05) is 12.6 Å². The zero-order chi connectivity index (χ0) is 20.2. The fourth-order valence-electron chi connectivity index (χ4n) is 3.19. The lowest BCUT2D eigenvalue weighted by molar-refractivity contribution is 0.0768. The van der Waals surface area contributed by atoms with Crippen LogP contribution >= 0.6 is 0 Å². The van der Waals surface area contributed by atoms with Gasteiger partial charge in [-0.1, -0.05) is 0 Å². The number of aryl methyl sites for hydroxylation is 1. The predicted octanol–water partition coefficient (Wildman–Crippen LogP) is 1.35. The molecule has 2 rings (SSSR count). The van der Waals surface area contributed by atoms with Crippen molar-refractivity contribution in [3.8, 4) is 5.75 Å². The quantitative estimate of drug-likeness (QED) is 0.603. The molecule has 7 nitrogen and oxygen atoms in total. The van der Waals surface area contributed by atoms with Crippen LogP contribution in [0.3, 0.4) is 0 Å². The summed E-state index contributed by atoms with van der Waals surface area (Å²) in [5, 5.41) is 2.11. The summed E-state index contributed by atoms with van der Waals surface area (Å²) in [4.78, 5) is 0.123. The third-order valence-electron chi connectivity index (χ3n) is 4.57. The smallest absolute Gasteiger partial charge is 0.183 e. The molecule has 0 spiro atoms. The van der Waals surface area contributed by atoms with Crippen molar-refractivity contribution in [1.82, 2.24) is 5.32 Å². The molecule has 0 saturated carbocycles. The highest BCUT2D eigenvalue weighted by molar-refractivity contribution is 7.96. The average molecular weight is 420 g/mol. The SMILES string of the molecule is COc1ccc(S(=O)(=O)[C@H]2CS(=O)(=O)C[C@@H]2NCCCOC(C)C)cc1C. The van der Waals surface area contributed by atoms with Gasteiger partial charge in [-0.2, -0.15) is 0 Å². The maximum atomic E-state index is 13.1. The summed E-state index contributed by atoms with van der Waals surface area (Å²) in [6, 6.07) is 3.98. The van der Waals surface area contributed by atoms with Gasteiger partial charge >= 0.3 is 0 Å². The van der Waals surface area contributed by atoms with Crippen molar-refractivity contribution < 1.29 is 26.3 Å². The summed E-state index contributed by atoms with van der Waals surface area (Å²) in [5.74, 6) is 0.0605. The van der Waals surface area contributed by atoms with E-state index in [1.165, 1.54) is 19.2 Å². The summed E-state index contributed by atoms with van der Waals surface area (Å²) in [6.07, 6.45) is 0.812. The Morgan fingerprint density at radius 1 is 1.26 bits per heavy atom. The van der Waals surface area contributed by atoms with Crippen molar-refractivity contribution in [2.75, 3.05) is 31.8 Å². The van der Waals surface area contributed by atoms with E-state index < -0.39 is 31.0 Å². The first-order valence-electron chi connectivity index (χ1n) is 9.01. The summed E-state index contributed by atoms with van der Waals surface area (Å²) < 4.78 is 61.1. The molecule has 1 aromatic carbocycles. The Morgan fingerprint density at radius 2 is 1.96 bits per heavy atom. The highest BCUT2D eigenvalue weighted by atomic mass is 32.2. The number of methoxy groups -OCH3 is 1. The molecule has 1 N–H and O–H groups in total. The summed E-state index contributed by atoms with van der Waals surface area (Å²) in [6.45, 7) is 6.68. The van der Waals surface area contributed by atoms with E-state index in [0.29, 0.717) is 30.9 Å². The van der Waals surface area contributed by atoms with Crippen LogP contribution in [0.25, 0.3) is 0 Å². The first kappa shape index (κ1) is 22.1. The monoisotopic (exact) mass is 419 g/mol. The first-order chi connectivity index (χ1) is 12.6. The molecule has 1 heterocycles. The van der Waals surface area contributed by atoms with Crippen molar-refractivity contribution >= 4 is 19.7 Å². The molecule has 0 bridgehead atoms. The predicted molar refractivity (Wildman–Crippen MR) is 105 cm³/mol. The number of nitrogens with one attached hydrogen (secondary N) is 1. The van der Waals surface area contributed by atoms with Crippen LogP contribution in [0.15, 0.2) is 23.1 Å². The molecule has 1 aliphatic heterocycles. The molecule has 9 heteroatoms. The lowest BCUT2D eigenvalue weighted by atomic mass is 10.2. The second-order valence-electron chi connectivity index (χ2n) is 7.13. The number of hydrogen-bond acceptors (Lipinski definition) is 7. The van der Waals surface area contributed by atoms with Gasteiger partial charge in [-0.15, -0.1) is 0 Å². The molecule has 154 valence electrons. The summed E-state index contributed by atoms with van der Waals surface area (Å²) in [7, 11) is -5.69. The molecule has 0 aliphatic carbocycles. The van der Waals surface area contributed by atoms with Crippen molar-refractivity contribution in [2.24, 2.45) is 0 Å². The molecule has 0 amide bonds. The maximum Gasteiger partial charge on any atom is 0.183 e. The van der Waals surface area contributed by atoms with Crippen LogP contribution < -0.4 is 10.1 Å². The average Bonchev–Trinajstić information content (AvgIpc) is 2.89. The Morgan fingerprint density at radius 3 is 2.56 bits per heavy atom. The van der Waals surface area contributed by atoms with Crippen LogP contribution in [-0.2, 0) is 24.4 Å². The Balaban J connectivity index is 2.15. The highest BCUT2D eigenvalue weighted by Crippen LogP contribution is 2.29. The Kier molecular flexibility index (Phi) is 7.29. The van der Waals surface area contributed by atoms with E-state index in [1.807, 2.05) is 13.8 Å². The molecule has 1 fully saturated rings. The largest absolute Gasteiger partial charge is 0.496 e. The van der Waals surface area contributed by atoms with Gasteiger partial charge < -0.3 is 14.8 Å². The van der Waals surface area contributed by atoms with E-state index in [-0.39, 0.29) is 22.5 Å². The van der Waals surface area contributed by atoms with Crippen molar-refractivity contribution in [3.63, 3.8) is 0 Å². The van der Waals surface area contributed by atoms with Crippen molar-refractivity contribution in [1.29, 1.82) is 0 Å². The van der Waals surface area contributed by atoms with Gasteiger partial charge in [-0.25, -0.2) is 16.8 Å². The van der Waals surface area contributed by atoms with Crippen LogP contribution in [0, 0.1) is 6.92 Å². The molecule has 1 aromatic rings. The van der Waals surface area contributed by atoms with Crippen LogP contribution in [0.5, 0.6) is 5.75 Å².